The molecule has 94 valence electrons. The Bertz CT molecular complexity index is 671. The summed E-state index contributed by atoms with van der Waals surface area (Å²) in [6, 6.07) is 3.81. The summed E-state index contributed by atoms with van der Waals surface area (Å²) < 4.78 is 11.7. The molecule has 0 bridgehead atoms. The highest BCUT2D eigenvalue weighted by molar-refractivity contribution is 14.1. The zero-order valence-corrected chi connectivity index (χ0v) is 12.4. The summed E-state index contributed by atoms with van der Waals surface area (Å²) >= 11 is 2.13. The quantitative estimate of drug-likeness (QED) is 0.480. The maximum atomic E-state index is 11.7. The molecule has 0 saturated carbocycles. The molecule has 0 unspecified atom stereocenters. The van der Waals surface area contributed by atoms with Crippen LogP contribution in [0.2, 0.25) is 0 Å². The van der Waals surface area contributed by atoms with Gasteiger partial charge in [0.2, 0.25) is 0 Å². The van der Waals surface area contributed by atoms with E-state index in [9.17, 15) is 4.79 Å². The minimum Gasteiger partial charge on any atom is -0.488 e. The minimum atomic E-state index is -0.293. The van der Waals surface area contributed by atoms with E-state index in [-0.39, 0.29) is 5.63 Å². The first kappa shape index (κ1) is 13.1. The molecule has 0 amide bonds. The summed E-state index contributed by atoms with van der Waals surface area (Å²) in [5, 5.41) is 0.947. The molecule has 0 aliphatic rings. The topological polar surface area (TPSA) is 39.4 Å². The zero-order chi connectivity index (χ0) is 13.3. The second-order valence-electron chi connectivity index (χ2n) is 3.99. The number of halogens is 1. The lowest BCUT2D eigenvalue weighted by Gasteiger charge is -2.10. The summed E-state index contributed by atoms with van der Waals surface area (Å²) in [6.07, 6.45) is 1.68. The molecule has 1 aromatic carbocycles. The number of benzene rings is 1. The Morgan fingerprint density at radius 2 is 2.11 bits per heavy atom. The Labute approximate surface area is 119 Å². The average molecular weight is 356 g/mol. The fraction of sp³-hybridized carbons (Fsp3) is 0.214. The molecule has 4 heteroatoms. The van der Waals surface area contributed by atoms with Crippen LogP contribution in [-0.4, -0.2) is 6.61 Å². The maximum absolute atomic E-state index is 11.7. The van der Waals surface area contributed by atoms with Crippen molar-refractivity contribution in [2.45, 2.75) is 13.8 Å². The summed E-state index contributed by atoms with van der Waals surface area (Å²) in [5.74, 6) is 0.703. The van der Waals surface area contributed by atoms with E-state index >= 15 is 0 Å². The van der Waals surface area contributed by atoms with Gasteiger partial charge in [0.1, 0.15) is 12.4 Å². The third kappa shape index (κ3) is 2.16. The van der Waals surface area contributed by atoms with E-state index in [1.807, 2.05) is 19.1 Å². The van der Waals surface area contributed by atoms with Gasteiger partial charge < -0.3 is 9.15 Å². The molecule has 0 fully saturated rings. The van der Waals surface area contributed by atoms with E-state index < -0.39 is 0 Å². The number of hydrogen-bond acceptors (Lipinski definition) is 3. The lowest BCUT2D eigenvalue weighted by atomic mass is 10.1. The van der Waals surface area contributed by atoms with Gasteiger partial charge in [-0.3, -0.25) is 0 Å². The fourth-order valence-corrected chi connectivity index (χ4v) is 2.45. The highest BCUT2D eigenvalue weighted by atomic mass is 127. The average Bonchev–Trinajstić information content (AvgIpc) is 2.36. The monoisotopic (exact) mass is 356 g/mol. The first-order valence-electron chi connectivity index (χ1n) is 5.52. The highest BCUT2D eigenvalue weighted by Crippen LogP contribution is 2.31. The molecule has 2 rings (SSSR count). The maximum Gasteiger partial charge on any atom is 0.339 e. The van der Waals surface area contributed by atoms with Crippen LogP contribution >= 0.6 is 22.6 Å². The van der Waals surface area contributed by atoms with E-state index in [0.29, 0.717) is 23.5 Å². The van der Waals surface area contributed by atoms with Crippen LogP contribution < -0.4 is 10.4 Å². The van der Waals surface area contributed by atoms with Crippen molar-refractivity contribution in [3.8, 4) is 5.75 Å². The molecule has 1 aromatic heterocycles. The van der Waals surface area contributed by atoms with Crippen molar-refractivity contribution in [1.29, 1.82) is 0 Å². The van der Waals surface area contributed by atoms with E-state index in [1.54, 1.807) is 13.0 Å². The van der Waals surface area contributed by atoms with Crippen molar-refractivity contribution < 1.29 is 9.15 Å². The summed E-state index contributed by atoms with van der Waals surface area (Å²) in [6.45, 7) is 7.73. The molecule has 0 spiro atoms. The van der Waals surface area contributed by atoms with Crippen LogP contribution in [-0.2, 0) is 0 Å². The molecule has 0 atom stereocenters. The molecule has 2 aromatic rings. The van der Waals surface area contributed by atoms with E-state index in [2.05, 4.69) is 29.2 Å². The second-order valence-corrected chi connectivity index (χ2v) is 5.07. The van der Waals surface area contributed by atoms with Gasteiger partial charge in [-0.05, 0) is 54.1 Å². The van der Waals surface area contributed by atoms with Gasteiger partial charge in [-0.2, -0.15) is 0 Å². The van der Waals surface area contributed by atoms with Crippen molar-refractivity contribution in [3.63, 3.8) is 0 Å². The van der Waals surface area contributed by atoms with Gasteiger partial charge in [-0.25, -0.2) is 4.79 Å². The van der Waals surface area contributed by atoms with Crippen LogP contribution in [0.4, 0.5) is 0 Å². The van der Waals surface area contributed by atoms with Crippen molar-refractivity contribution in [1.82, 2.24) is 0 Å². The molecular weight excluding hydrogens is 343 g/mol. The van der Waals surface area contributed by atoms with Crippen LogP contribution in [0.3, 0.4) is 0 Å². The summed E-state index contributed by atoms with van der Waals surface area (Å²) in [5.41, 5.74) is 1.90. The summed E-state index contributed by atoms with van der Waals surface area (Å²) in [7, 11) is 0. The third-order valence-electron chi connectivity index (χ3n) is 2.89. The predicted octanol–water partition coefficient (Wildman–Crippen LogP) is 3.58. The number of hydrogen-bond donors (Lipinski definition) is 0. The normalized spacial score (nSPS) is 10.6. The molecule has 1 heterocycles. The van der Waals surface area contributed by atoms with Crippen molar-refractivity contribution in [2.24, 2.45) is 0 Å². The van der Waals surface area contributed by atoms with Gasteiger partial charge in [-0.1, -0.05) is 12.7 Å². The van der Waals surface area contributed by atoms with Crippen LogP contribution in [0, 0.1) is 17.4 Å². The first-order chi connectivity index (χ1) is 8.56. The van der Waals surface area contributed by atoms with Gasteiger partial charge >= 0.3 is 5.63 Å². The number of fused-ring (bicyclic) bond motifs is 1. The molecule has 3 nitrogen and oxygen atoms in total. The first-order valence-corrected chi connectivity index (χ1v) is 6.60. The second kappa shape index (κ2) is 5.14. The standard InChI is InChI=1S/C14H13IO3/c1-4-7-17-11-6-5-10-8(2)9(3)14(16)18-13(10)12(11)15/h4-6H,1,7H2,2-3H3. The predicted molar refractivity (Wildman–Crippen MR) is 80.4 cm³/mol. The molecule has 0 N–H and O–H groups in total. The van der Waals surface area contributed by atoms with E-state index in [1.165, 1.54) is 0 Å². The molecule has 18 heavy (non-hydrogen) atoms. The Kier molecular flexibility index (Phi) is 3.75. The fourth-order valence-electron chi connectivity index (χ4n) is 1.72. The van der Waals surface area contributed by atoms with Gasteiger partial charge in [-0.15, -0.1) is 0 Å². The van der Waals surface area contributed by atoms with E-state index in [0.717, 1.165) is 14.5 Å². The van der Waals surface area contributed by atoms with Crippen LogP contribution in [0.1, 0.15) is 11.1 Å². The van der Waals surface area contributed by atoms with Crippen LogP contribution in [0.25, 0.3) is 11.0 Å². The Balaban J connectivity index is 2.71. The van der Waals surface area contributed by atoms with Gasteiger partial charge in [0.15, 0.2) is 5.58 Å². The van der Waals surface area contributed by atoms with Gasteiger partial charge in [0.05, 0.1) is 3.57 Å². The number of rotatable bonds is 3. The van der Waals surface area contributed by atoms with Crippen molar-refractivity contribution >= 4 is 33.6 Å². The molecular formula is C14H13IO3. The van der Waals surface area contributed by atoms with Gasteiger partial charge in [0.25, 0.3) is 0 Å². The van der Waals surface area contributed by atoms with Crippen LogP contribution in [0.15, 0.2) is 34.0 Å². The van der Waals surface area contributed by atoms with Crippen LogP contribution in [0.5, 0.6) is 5.75 Å². The molecule has 0 radical (unpaired) electrons. The van der Waals surface area contributed by atoms with Crippen molar-refractivity contribution in [3.05, 3.63) is 49.9 Å². The molecule has 0 aliphatic carbocycles. The smallest absolute Gasteiger partial charge is 0.339 e. The SMILES string of the molecule is C=CCOc1ccc2c(C)c(C)c(=O)oc2c1I. The third-order valence-corrected chi connectivity index (χ3v) is 3.91. The number of aryl methyl sites for hydroxylation is 1. The Morgan fingerprint density at radius 3 is 2.78 bits per heavy atom. The highest BCUT2D eigenvalue weighted by Gasteiger charge is 2.13. The molecule has 0 saturated heterocycles. The van der Waals surface area contributed by atoms with Gasteiger partial charge in [0, 0.05) is 10.9 Å². The zero-order valence-electron chi connectivity index (χ0n) is 10.2. The number of ether oxygens (including phenoxy) is 1. The molecule has 0 aliphatic heterocycles. The lowest BCUT2D eigenvalue weighted by molar-refractivity contribution is 0.360. The van der Waals surface area contributed by atoms with E-state index in [4.69, 9.17) is 9.15 Å². The Morgan fingerprint density at radius 1 is 1.39 bits per heavy atom. The largest absolute Gasteiger partial charge is 0.488 e. The lowest BCUT2D eigenvalue weighted by Crippen LogP contribution is -2.06. The summed E-state index contributed by atoms with van der Waals surface area (Å²) in [4.78, 5) is 11.7. The Hall–Kier alpha value is -1.30. The van der Waals surface area contributed by atoms with Crippen molar-refractivity contribution in [2.75, 3.05) is 6.61 Å². The minimum absolute atomic E-state index is 0.293.